The smallest absolute Gasteiger partial charge is 0.0953 e. The first kappa shape index (κ1) is 14.5. The second kappa shape index (κ2) is 8.31. The highest BCUT2D eigenvalue weighted by molar-refractivity contribution is 5.18. The standard InChI is InChI=1S/C16H25NO2/c1-2-10-17-13-16(14-6-4-3-5-7-14)19-15-8-11-18-12-9-15/h3-7,15-17H,2,8-13H2,1H3. The van der Waals surface area contributed by atoms with Gasteiger partial charge >= 0.3 is 0 Å². The van der Waals surface area contributed by atoms with Gasteiger partial charge < -0.3 is 14.8 Å². The van der Waals surface area contributed by atoms with Gasteiger partial charge in [-0.3, -0.25) is 0 Å². The predicted molar refractivity (Wildman–Crippen MR) is 77.3 cm³/mol. The quantitative estimate of drug-likeness (QED) is 0.767. The Hall–Kier alpha value is -0.900. The topological polar surface area (TPSA) is 30.5 Å². The summed E-state index contributed by atoms with van der Waals surface area (Å²) >= 11 is 0. The fourth-order valence-electron chi connectivity index (χ4n) is 2.37. The van der Waals surface area contributed by atoms with Crippen molar-refractivity contribution in [3.05, 3.63) is 35.9 Å². The van der Waals surface area contributed by atoms with Gasteiger partial charge in [0.1, 0.15) is 0 Å². The maximum Gasteiger partial charge on any atom is 0.0953 e. The van der Waals surface area contributed by atoms with Crippen LogP contribution in [0.3, 0.4) is 0 Å². The third-order valence-electron chi connectivity index (χ3n) is 3.45. The first-order valence-electron chi connectivity index (χ1n) is 7.39. The summed E-state index contributed by atoms with van der Waals surface area (Å²) in [5, 5.41) is 3.47. The molecule has 19 heavy (non-hydrogen) atoms. The summed E-state index contributed by atoms with van der Waals surface area (Å²) in [4.78, 5) is 0. The van der Waals surface area contributed by atoms with Gasteiger partial charge in [-0.2, -0.15) is 0 Å². The van der Waals surface area contributed by atoms with Crippen LogP contribution in [-0.2, 0) is 9.47 Å². The van der Waals surface area contributed by atoms with Crippen molar-refractivity contribution < 1.29 is 9.47 Å². The van der Waals surface area contributed by atoms with Gasteiger partial charge in [-0.15, -0.1) is 0 Å². The van der Waals surface area contributed by atoms with Crippen LogP contribution < -0.4 is 5.32 Å². The number of nitrogens with one attached hydrogen (secondary N) is 1. The van der Waals surface area contributed by atoms with Crippen LogP contribution in [0, 0.1) is 0 Å². The minimum absolute atomic E-state index is 0.149. The van der Waals surface area contributed by atoms with E-state index >= 15 is 0 Å². The molecular weight excluding hydrogens is 238 g/mol. The van der Waals surface area contributed by atoms with Crippen molar-refractivity contribution >= 4 is 0 Å². The molecule has 1 atom stereocenters. The van der Waals surface area contributed by atoms with E-state index in [1.807, 2.05) is 0 Å². The molecule has 3 heteroatoms. The molecule has 0 amide bonds. The number of hydrogen-bond acceptors (Lipinski definition) is 3. The minimum atomic E-state index is 0.149. The highest BCUT2D eigenvalue weighted by atomic mass is 16.5. The second-order valence-corrected chi connectivity index (χ2v) is 5.05. The van der Waals surface area contributed by atoms with E-state index in [2.05, 4.69) is 42.6 Å². The fraction of sp³-hybridized carbons (Fsp3) is 0.625. The summed E-state index contributed by atoms with van der Waals surface area (Å²) < 4.78 is 11.7. The van der Waals surface area contributed by atoms with Gasteiger partial charge in [0, 0.05) is 19.8 Å². The van der Waals surface area contributed by atoms with Crippen molar-refractivity contribution in [3.8, 4) is 0 Å². The Morgan fingerprint density at radius 1 is 1.26 bits per heavy atom. The van der Waals surface area contributed by atoms with Crippen molar-refractivity contribution in [2.24, 2.45) is 0 Å². The fourth-order valence-corrected chi connectivity index (χ4v) is 2.37. The zero-order valence-corrected chi connectivity index (χ0v) is 11.8. The summed E-state index contributed by atoms with van der Waals surface area (Å²) in [6.07, 6.45) is 3.66. The number of benzene rings is 1. The zero-order valence-electron chi connectivity index (χ0n) is 11.8. The molecule has 0 bridgehead atoms. The lowest BCUT2D eigenvalue weighted by Gasteiger charge is -2.28. The van der Waals surface area contributed by atoms with Gasteiger partial charge in [0.25, 0.3) is 0 Å². The molecule has 1 aliphatic heterocycles. The molecule has 1 aromatic carbocycles. The predicted octanol–water partition coefficient (Wildman–Crippen LogP) is 2.92. The minimum Gasteiger partial charge on any atom is -0.381 e. The van der Waals surface area contributed by atoms with E-state index in [0.29, 0.717) is 6.10 Å². The molecule has 3 nitrogen and oxygen atoms in total. The third-order valence-corrected chi connectivity index (χ3v) is 3.45. The van der Waals surface area contributed by atoms with Crippen LogP contribution in [-0.4, -0.2) is 32.4 Å². The van der Waals surface area contributed by atoms with E-state index < -0.39 is 0 Å². The lowest BCUT2D eigenvalue weighted by atomic mass is 10.1. The monoisotopic (exact) mass is 263 g/mol. The Bertz CT molecular complexity index is 336. The molecule has 106 valence electrons. The Balaban J connectivity index is 1.92. The van der Waals surface area contributed by atoms with Crippen LogP contribution in [0.25, 0.3) is 0 Å². The molecule has 1 saturated heterocycles. The highest BCUT2D eigenvalue weighted by Gasteiger charge is 2.20. The largest absolute Gasteiger partial charge is 0.381 e. The number of hydrogen-bond donors (Lipinski definition) is 1. The zero-order chi connectivity index (χ0) is 13.3. The molecule has 1 N–H and O–H groups in total. The molecule has 1 fully saturated rings. The van der Waals surface area contributed by atoms with Crippen LogP contribution in [0.15, 0.2) is 30.3 Å². The molecule has 0 saturated carbocycles. The average Bonchev–Trinajstić information content (AvgIpc) is 2.48. The van der Waals surface area contributed by atoms with E-state index in [0.717, 1.165) is 45.6 Å². The normalized spacial score (nSPS) is 18.4. The van der Waals surface area contributed by atoms with E-state index in [-0.39, 0.29) is 6.10 Å². The van der Waals surface area contributed by atoms with Gasteiger partial charge in [0.05, 0.1) is 12.2 Å². The van der Waals surface area contributed by atoms with Gasteiger partial charge in [0.15, 0.2) is 0 Å². The van der Waals surface area contributed by atoms with Gasteiger partial charge in [-0.1, -0.05) is 37.3 Å². The summed E-state index contributed by atoms with van der Waals surface area (Å²) in [5.41, 5.74) is 1.26. The summed E-state index contributed by atoms with van der Waals surface area (Å²) in [6, 6.07) is 10.5. The molecule has 2 rings (SSSR count). The second-order valence-electron chi connectivity index (χ2n) is 5.05. The Kier molecular flexibility index (Phi) is 6.34. The van der Waals surface area contributed by atoms with Crippen LogP contribution in [0.2, 0.25) is 0 Å². The van der Waals surface area contributed by atoms with Gasteiger partial charge in [-0.25, -0.2) is 0 Å². The highest BCUT2D eigenvalue weighted by Crippen LogP contribution is 2.22. The molecule has 1 aliphatic rings. The Morgan fingerprint density at radius 3 is 2.68 bits per heavy atom. The van der Waals surface area contributed by atoms with Crippen LogP contribution in [0.4, 0.5) is 0 Å². The lowest BCUT2D eigenvalue weighted by molar-refractivity contribution is -0.0688. The van der Waals surface area contributed by atoms with E-state index in [1.165, 1.54) is 5.56 Å². The molecule has 0 radical (unpaired) electrons. The number of rotatable bonds is 7. The summed E-state index contributed by atoms with van der Waals surface area (Å²) in [5.74, 6) is 0. The molecule has 0 aliphatic carbocycles. The summed E-state index contributed by atoms with van der Waals surface area (Å²) in [6.45, 7) is 5.77. The van der Waals surface area contributed by atoms with Crippen molar-refractivity contribution in [1.29, 1.82) is 0 Å². The van der Waals surface area contributed by atoms with Crippen LogP contribution in [0.5, 0.6) is 0 Å². The first-order chi connectivity index (χ1) is 9.40. The van der Waals surface area contributed by atoms with Crippen molar-refractivity contribution in [2.75, 3.05) is 26.3 Å². The lowest BCUT2D eigenvalue weighted by Crippen LogP contribution is -2.30. The van der Waals surface area contributed by atoms with Crippen molar-refractivity contribution in [1.82, 2.24) is 5.32 Å². The van der Waals surface area contributed by atoms with Gasteiger partial charge in [-0.05, 0) is 31.4 Å². The van der Waals surface area contributed by atoms with E-state index in [4.69, 9.17) is 9.47 Å². The molecule has 0 aromatic heterocycles. The van der Waals surface area contributed by atoms with Crippen LogP contribution >= 0.6 is 0 Å². The molecule has 1 aromatic rings. The Labute approximate surface area is 116 Å². The molecule has 0 spiro atoms. The molecular formula is C16H25NO2. The van der Waals surface area contributed by atoms with E-state index in [1.54, 1.807) is 0 Å². The first-order valence-corrected chi connectivity index (χ1v) is 7.39. The number of ether oxygens (including phenoxy) is 2. The Morgan fingerprint density at radius 2 is 2.00 bits per heavy atom. The summed E-state index contributed by atoms with van der Waals surface area (Å²) in [7, 11) is 0. The van der Waals surface area contributed by atoms with Crippen molar-refractivity contribution in [3.63, 3.8) is 0 Å². The van der Waals surface area contributed by atoms with Crippen molar-refractivity contribution in [2.45, 2.75) is 38.4 Å². The third kappa shape index (κ3) is 4.94. The van der Waals surface area contributed by atoms with Gasteiger partial charge in [0.2, 0.25) is 0 Å². The van der Waals surface area contributed by atoms with E-state index in [9.17, 15) is 0 Å². The SMILES string of the molecule is CCCNCC(OC1CCOCC1)c1ccccc1. The van der Waals surface area contributed by atoms with Crippen LogP contribution in [0.1, 0.15) is 37.9 Å². The molecule has 1 unspecified atom stereocenters. The maximum absolute atomic E-state index is 6.28. The molecule has 1 heterocycles. The maximum atomic E-state index is 6.28. The average molecular weight is 263 g/mol.